The van der Waals surface area contributed by atoms with Gasteiger partial charge in [0.05, 0.1) is 16.1 Å². The molecular formula is C17H15Cl2N3O. The van der Waals surface area contributed by atoms with Crippen molar-refractivity contribution < 1.29 is 4.79 Å². The Morgan fingerprint density at radius 3 is 2.91 bits per heavy atom. The number of amides is 2. The minimum Gasteiger partial charge on any atom is -0.314 e. The van der Waals surface area contributed by atoms with E-state index in [0.717, 1.165) is 19.3 Å². The van der Waals surface area contributed by atoms with E-state index in [1.165, 1.54) is 11.1 Å². The smallest absolute Gasteiger partial charge is 0.314 e. The van der Waals surface area contributed by atoms with Crippen LogP contribution in [0.5, 0.6) is 0 Å². The van der Waals surface area contributed by atoms with E-state index in [-0.39, 0.29) is 18.1 Å². The molecule has 2 amide bonds. The number of hydrogen-bond donors (Lipinski definition) is 1. The summed E-state index contributed by atoms with van der Waals surface area (Å²) in [5.74, 6) is 0. The Kier molecular flexibility index (Phi) is 3.66. The summed E-state index contributed by atoms with van der Waals surface area (Å²) in [7, 11) is 0. The Morgan fingerprint density at radius 1 is 1.22 bits per heavy atom. The van der Waals surface area contributed by atoms with E-state index in [4.69, 9.17) is 23.2 Å². The van der Waals surface area contributed by atoms with Crippen LogP contribution in [0.3, 0.4) is 0 Å². The number of aromatic nitrogens is 1. The lowest BCUT2D eigenvalue weighted by Gasteiger charge is -2.36. The Balaban J connectivity index is 1.59. The van der Waals surface area contributed by atoms with E-state index in [2.05, 4.69) is 16.4 Å². The van der Waals surface area contributed by atoms with Crippen LogP contribution in [0, 0.1) is 0 Å². The van der Waals surface area contributed by atoms with Gasteiger partial charge in [-0.2, -0.15) is 0 Å². The van der Waals surface area contributed by atoms with Crippen molar-refractivity contribution in [3.8, 4) is 0 Å². The minimum absolute atomic E-state index is 0.0922. The van der Waals surface area contributed by atoms with Gasteiger partial charge in [0.1, 0.15) is 0 Å². The fraction of sp³-hybridized carbons (Fsp3) is 0.294. The predicted molar refractivity (Wildman–Crippen MR) is 91.0 cm³/mol. The highest BCUT2D eigenvalue weighted by molar-refractivity contribution is 6.42. The molecular weight excluding hydrogens is 333 g/mol. The summed E-state index contributed by atoms with van der Waals surface area (Å²) in [6.07, 6.45) is 6.61. The van der Waals surface area contributed by atoms with Crippen molar-refractivity contribution in [1.82, 2.24) is 9.88 Å². The third-order valence-electron chi connectivity index (χ3n) is 4.67. The Bertz CT molecular complexity index is 780. The number of halogens is 2. The molecule has 2 aromatic rings. The van der Waals surface area contributed by atoms with Crippen molar-refractivity contribution in [3.05, 3.63) is 57.8 Å². The number of urea groups is 1. The summed E-state index contributed by atoms with van der Waals surface area (Å²) in [5.41, 5.74) is 3.14. The highest BCUT2D eigenvalue weighted by Crippen LogP contribution is 2.43. The van der Waals surface area contributed by atoms with Crippen molar-refractivity contribution in [2.24, 2.45) is 0 Å². The number of pyridine rings is 1. The van der Waals surface area contributed by atoms with Gasteiger partial charge < -0.3 is 10.2 Å². The maximum Gasteiger partial charge on any atom is 0.322 e. The quantitative estimate of drug-likeness (QED) is 0.813. The second-order valence-corrected chi connectivity index (χ2v) is 6.81. The van der Waals surface area contributed by atoms with Gasteiger partial charge in [0.15, 0.2) is 0 Å². The van der Waals surface area contributed by atoms with E-state index < -0.39 is 0 Å². The van der Waals surface area contributed by atoms with Gasteiger partial charge in [-0.25, -0.2) is 4.79 Å². The highest BCUT2D eigenvalue weighted by Gasteiger charge is 2.42. The summed E-state index contributed by atoms with van der Waals surface area (Å²) in [4.78, 5) is 18.9. The zero-order valence-electron chi connectivity index (χ0n) is 12.3. The predicted octanol–water partition coefficient (Wildman–Crippen LogP) is 4.68. The average molecular weight is 348 g/mol. The van der Waals surface area contributed by atoms with Crippen LogP contribution in [0.1, 0.15) is 30.0 Å². The standard InChI is InChI=1S/C17H15Cl2N3O/c18-14-3-1-11(8-15(14)19)21-17(23)22-12-2-4-16(22)13-9-20-6-5-10(13)7-12/h1,3,5-6,8-9,12,16H,2,4,7H2,(H,21,23). The first kappa shape index (κ1) is 14.8. The molecule has 4 rings (SSSR count). The van der Waals surface area contributed by atoms with Gasteiger partial charge >= 0.3 is 6.03 Å². The van der Waals surface area contributed by atoms with Crippen LogP contribution in [0.15, 0.2) is 36.7 Å². The summed E-state index contributed by atoms with van der Waals surface area (Å²) >= 11 is 11.9. The van der Waals surface area contributed by atoms with Crippen molar-refractivity contribution in [2.75, 3.05) is 5.32 Å². The summed E-state index contributed by atoms with van der Waals surface area (Å²) in [6.45, 7) is 0. The second kappa shape index (κ2) is 5.69. The van der Waals surface area contributed by atoms with Crippen molar-refractivity contribution in [3.63, 3.8) is 0 Å². The van der Waals surface area contributed by atoms with Gasteiger partial charge in [-0.1, -0.05) is 23.2 Å². The number of carbonyl (C=O) groups is 1. The zero-order valence-corrected chi connectivity index (χ0v) is 13.8. The molecule has 1 fully saturated rings. The van der Waals surface area contributed by atoms with Gasteiger partial charge in [0, 0.05) is 24.1 Å². The first-order valence-corrected chi connectivity index (χ1v) is 8.36. The maximum absolute atomic E-state index is 12.8. The van der Waals surface area contributed by atoms with Gasteiger partial charge in [-0.3, -0.25) is 4.98 Å². The first-order valence-electron chi connectivity index (χ1n) is 7.60. The van der Waals surface area contributed by atoms with Crippen LogP contribution in [0.4, 0.5) is 10.5 Å². The van der Waals surface area contributed by atoms with Crippen LogP contribution in [0.25, 0.3) is 0 Å². The van der Waals surface area contributed by atoms with E-state index in [1.807, 2.05) is 17.3 Å². The number of hydrogen-bond acceptors (Lipinski definition) is 2. The fourth-order valence-electron chi connectivity index (χ4n) is 3.63. The third kappa shape index (κ3) is 2.56. The van der Waals surface area contributed by atoms with E-state index in [9.17, 15) is 4.79 Å². The molecule has 1 aromatic heterocycles. The number of nitrogens with one attached hydrogen (secondary N) is 1. The molecule has 0 saturated carbocycles. The molecule has 3 heterocycles. The van der Waals surface area contributed by atoms with Crippen molar-refractivity contribution in [1.29, 1.82) is 0 Å². The molecule has 4 nitrogen and oxygen atoms in total. The van der Waals surface area contributed by atoms with Crippen LogP contribution < -0.4 is 5.32 Å². The normalized spacial score (nSPS) is 21.9. The Labute approximate surface area is 144 Å². The second-order valence-electron chi connectivity index (χ2n) is 5.99. The lowest BCUT2D eigenvalue weighted by atomic mass is 9.95. The monoisotopic (exact) mass is 347 g/mol. The minimum atomic E-state index is -0.0922. The lowest BCUT2D eigenvalue weighted by Crippen LogP contribution is -2.44. The number of carbonyl (C=O) groups excluding carboxylic acids is 1. The van der Waals surface area contributed by atoms with E-state index in [1.54, 1.807) is 18.2 Å². The van der Waals surface area contributed by atoms with Gasteiger partial charge in [0.2, 0.25) is 0 Å². The molecule has 2 aliphatic rings. The van der Waals surface area contributed by atoms with Crippen LogP contribution in [0.2, 0.25) is 10.0 Å². The molecule has 2 aliphatic heterocycles. The van der Waals surface area contributed by atoms with Gasteiger partial charge in [-0.15, -0.1) is 0 Å². The number of rotatable bonds is 1. The fourth-order valence-corrected chi connectivity index (χ4v) is 3.93. The molecule has 2 unspecified atom stereocenters. The molecule has 0 radical (unpaired) electrons. The first-order chi connectivity index (χ1) is 11.1. The lowest BCUT2D eigenvalue weighted by molar-refractivity contribution is 0.179. The van der Waals surface area contributed by atoms with Gasteiger partial charge in [0.25, 0.3) is 0 Å². The molecule has 2 atom stereocenters. The number of fused-ring (bicyclic) bond motifs is 4. The molecule has 2 bridgehead atoms. The summed E-state index contributed by atoms with van der Waals surface area (Å²) in [5, 5.41) is 3.84. The Hall–Kier alpha value is -1.78. The largest absolute Gasteiger partial charge is 0.322 e. The average Bonchev–Trinajstić information content (AvgIpc) is 2.86. The number of benzene rings is 1. The third-order valence-corrected chi connectivity index (χ3v) is 5.41. The van der Waals surface area contributed by atoms with Crippen LogP contribution in [-0.4, -0.2) is 22.0 Å². The SMILES string of the molecule is O=C(Nc1ccc(Cl)c(Cl)c1)N1C2CCC1c1cnccc1C2. The molecule has 0 aliphatic carbocycles. The number of nitrogens with zero attached hydrogens (tertiary/aromatic N) is 2. The van der Waals surface area contributed by atoms with Crippen LogP contribution >= 0.6 is 23.2 Å². The summed E-state index contributed by atoms with van der Waals surface area (Å²) < 4.78 is 0. The molecule has 23 heavy (non-hydrogen) atoms. The van der Waals surface area contributed by atoms with Crippen molar-refractivity contribution in [2.45, 2.75) is 31.3 Å². The van der Waals surface area contributed by atoms with Crippen molar-refractivity contribution >= 4 is 34.9 Å². The molecule has 118 valence electrons. The molecule has 1 aromatic carbocycles. The number of anilines is 1. The topological polar surface area (TPSA) is 45.2 Å². The van der Waals surface area contributed by atoms with E-state index in [0.29, 0.717) is 15.7 Å². The summed E-state index contributed by atoms with van der Waals surface area (Å²) in [6, 6.07) is 7.44. The van der Waals surface area contributed by atoms with Crippen LogP contribution in [-0.2, 0) is 6.42 Å². The van der Waals surface area contributed by atoms with E-state index >= 15 is 0 Å². The Morgan fingerprint density at radius 2 is 2.09 bits per heavy atom. The maximum atomic E-state index is 12.8. The highest BCUT2D eigenvalue weighted by atomic mass is 35.5. The van der Waals surface area contributed by atoms with Gasteiger partial charge in [-0.05, 0) is 54.7 Å². The molecule has 6 heteroatoms. The zero-order chi connectivity index (χ0) is 16.0. The molecule has 1 N–H and O–H groups in total. The molecule has 0 spiro atoms. The molecule has 1 saturated heterocycles.